The van der Waals surface area contributed by atoms with E-state index >= 15 is 0 Å². The molecule has 34 heavy (non-hydrogen) atoms. The second-order valence-electron chi connectivity index (χ2n) is 6.17. The zero-order chi connectivity index (χ0) is 25.6. The lowest BCUT2D eigenvalue weighted by Gasteiger charge is -1.99. The van der Waals surface area contributed by atoms with Gasteiger partial charge in [-0.1, -0.05) is 66.7 Å². The minimum absolute atomic E-state index is 0.711. The van der Waals surface area contributed by atoms with Crippen molar-refractivity contribution in [2.24, 2.45) is 5.73 Å². The lowest BCUT2D eigenvalue weighted by atomic mass is 10.2. The van der Waals surface area contributed by atoms with Crippen LogP contribution in [0.3, 0.4) is 0 Å². The molecule has 0 aliphatic heterocycles. The Hall–Kier alpha value is -3.76. The summed E-state index contributed by atoms with van der Waals surface area (Å²) in [6.45, 7) is 0. The molecule has 0 amide bonds. The number of hydrogen-bond acceptors (Lipinski definition) is 3. The van der Waals surface area contributed by atoms with Gasteiger partial charge in [0.05, 0.1) is 11.0 Å². The van der Waals surface area contributed by atoms with Crippen molar-refractivity contribution < 1.29 is 34.9 Å². The first-order chi connectivity index (χ1) is 16.0. The van der Waals surface area contributed by atoms with E-state index in [4.69, 9.17) is 10.3 Å². The fourth-order valence-electron chi connectivity index (χ4n) is 2.18. The molecule has 0 saturated heterocycles. The first-order valence-corrected chi connectivity index (χ1v) is 10.8. The highest BCUT2D eigenvalue weighted by molar-refractivity contribution is 7.88. The summed E-state index contributed by atoms with van der Waals surface area (Å²) in [6.07, 6.45) is 2.05. The topological polar surface area (TPSA) is 80.4 Å². The molecule has 0 heterocycles. The van der Waals surface area contributed by atoms with Crippen molar-refractivity contribution in [2.75, 3.05) is 0 Å². The van der Waals surface area contributed by atoms with Crippen molar-refractivity contribution in [1.82, 2.24) is 0 Å². The summed E-state index contributed by atoms with van der Waals surface area (Å²) in [5.41, 5.74) is 5.98. The van der Waals surface area contributed by atoms with Crippen LogP contribution in [0.25, 0.3) is 18.0 Å². The average molecular weight is 497 g/mol. The molecule has 4 nitrogen and oxygen atoms in total. The van der Waals surface area contributed by atoms with Gasteiger partial charge in [0, 0.05) is 0 Å². The molecule has 0 bridgehead atoms. The van der Waals surface area contributed by atoms with Gasteiger partial charge in [-0.2, -0.15) is 17.2 Å². The number of halogens is 5. The van der Waals surface area contributed by atoms with Crippen LogP contribution >= 0.6 is 0 Å². The van der Waals surface area contributed by atoms with Crippen LogP contribution in [0.5, 0.6) is 0 Å². The molecule has 0 atom stereocenters. The van der Waals surface area contributed by atoms with Gasteiger partial charge in [0.25, 0.3) is 10.1 Å². The van der Waals surface area contributed by atoms with Crippen molar-refractivity contribution in [3.63, 3.8) is 0 Å². The van der Waals surface area contributed by atoms with Crippen molar-refractivity contribution >= 4 is 28.1 Å². The van der Waals surface area contributed by atoms with Crippen LogP contribution in [0.15, 0.2) is 96.6 Å². The molecule has 10 heteroatoms. The zero-order valence-corrected chi connectivity index (χ0v) is 18.3. The molecular formula is C24H20F5NO3S. The summed E-state index contributed by atoms with van der Waals surface area (Å²) in [5.74, 6) is -5.03. The van der Waals surface area contributed by atoms with Crippen molar-refractivity contribution in [2.45, 2.75) is 0 Å². The van der Waals surface area contributed by atoms with E-state index in [1.54, 1.807) is 24.3 Å². The second kappa shape index (κ2) is 14.4. The fourth-order valence-corrected chi connectivity index (χ4v) is 2.51. The van der Waals surface area contributed by atoms with Gasteiger partial charge in [-0.3, -0.25) is 4.55 Å². The summed E-state index contributed by atoms with van der Waals surface area (Å²) in [4.78, 5) is 0. The van der Waals surface area contributed by atoms with Gasteiger partial charge in [0.15, 0.2) is 17.5 Å². The number of hydrogen-bond donors (Lipinski definition) is 2. The zero-order valence-electron chi connectivity index (χ0n) is 17.5. The maximum absolute atomic E-state index is 12.6. The summed E-state index contributed by atoms with van der Waals surface area (Å²) >= 11 is 0. The maximum Gasteiger partial charge on any atom is 0.306 e. The molecule has 0 aliphatic rings. The molecule has 3 N–H and O–H groups in total. The Morgan fingerprint density at radius 1 is 0.765 bits per heavy atom. The Morgan fingerprint density at radius 2 is 1.26 bits per heavy atom. The summed E-state index contributed by atoms with van der Waals surface area (Å²) in [7, 11) is -4.00. The van der Waals surface area contributed by atoms with Gasteiger partial charge >= 0.3 is 6.08 Å². The van der Waals surface area contributed by atoms with Crippen molar-refractivity contribution in [3.05, 3.63) is 125 Å². The number of rotatable bonds is 4. The third-order valence-corrected chi connectivity index (χ3v) is 4.15. The third-order valence-electron chi connectivity index (χ3n) is 3.67. The Balaban J connectivity index is 0.000000259. The van der Waals surface area contributed by atoms with E-state index in [0.29, 0.717) is 6.07 Å². The molecule has 0 saturated carbocycles. The van der Waals surface area contributed by atoms with E-state index in [-0.39, 0.29) is 0 Å². The molecule has 3 aromatic rings. The lowest BCUT2D eigenvalue weighted by molar-refractivity contribution is 0.408. The van der Waals surface area contributed by atoms with E-state index in [9.17, 15) is 30.4 Å². The van der Waals surface area contributed by atoms with E-state index in [0.717, 1.165) is 28.7 Å². The largest absolute Gasteiger partial charge is 0.405 e. The predicted octanol–water partition coefficient (Wildman–Crippen LogP) is 6.66. The summed E-state index contributed by atoms with van der Waals surface area (Å²) < 4.78 is 89.6. The van der Waals surface area contributed by atoms with Gasteiger partial charge in [-0.15, -0.1) is 0 Å². The molecular weight excluding hydrogens is 477 g/mol. The number of nitrogens with two attached hydrogens (primary N) is 1. The SMILES string of the molecule is FC(F)=C(F)c1cccc(F)c1F.NC=Cc1ccccc1.O=S(=O)(O)C=Cc1ccccc1. The molecule has 0 unspecified atom stereocenters. The Labute approximate surface area is 193 Å². The molecule has 0 aromatic heterocycles. The average Bonchev–Trinajstić information content (AvgIpc) is 2.81. The van der Waals surface area contributed by atoms with E-state index in [1.807, 2.05) is 42.5 Å². The van der Waals surface area contributed by atoms with Gasteiger partial charge in [-0.25, -0.2) is 13.2 Å². The Kier molecular flexibility index (Phi) is 12.0. The molecule has 180 valence electrons. The van der Waals surface area contributed by atoms with Gasteiger partial charge < -0.3 is 5.73 Å². The van der Waals surface area contributed by atoms with Crippen LogP contribution in [0.2, 0.25) is 0 Å². The van der Waals surface area contributed by atoms with Crippen molar-refractivity contribution in [3.8, 4) is 0 Å². The van der Waals surface area contributed by atoms with Crippen LogP contribution in [-0.2, 0) is 10.1 Å². The van der Waals surface area contributed by atoms with Gasteiger partial charge in [0.2, 0.25) is 0 Å². The Morgan fingerprint density at radius 3 is 1.71 bits per heavy atom. The standard InChI is InChI=1S/C8H3F5.C8H9N.C8H8O3S/c9-5-3-1-2-4(6(5)10)7(11)8(12)13;9-7-6-8-4-2-1-3-5-8;9-12(10,11)7-6-8-4-2-1-3-5-8/h1-3H;1-7H,9H2;1-7H,(H,9,10,11). The third kappa shape index (κ3) is 11.2. The Bertz CT molecular complexity index is 1230. The molecule has 3 rings (SSSR count). The molecule has 3 aromatic carbocycles. The van der Waals surface area contributed by atoms with E-state index < -0.39 is 39.2 Å². The van der Waals surface area contributed by atoms with Crippen LogP contribution in [0.4, 0.5) is 22.0 Å². The molecule has 0 aliphatic carbocycles. The summed E-state index contributed by atoms with van der Waals surface area (Å²) in [6, 6.07) is 21.2. The summed E-state index contributed by atoms with van der Waals surface area (Å²) in [5, 5.41) is 0.752. The highest BCUT2D eigenvalue weighted by Gasteiger charge is 2.15. The monoisotopic (exact) mass is 497 g/mol. The van der Waals surface area contributed by atoms with Crippen LogP contribution in [-0.4, -0.2) is 13.0 Å². The highest BCUT2D eigenvalue weighted by Crippen LogP contribution is 2.25. The lowest BCUT2D eigenvalue weighted by Crippen LogP contribution is -1.90. The van der Waals surface area contributed by atoms with Crippen LogP contribution in [0.1, 0.15) is 16.7 Å². The predicted molar refractivity (Wildman–Crippen MR) is 123 cm³/mol. The van der Waals surface area contributed by atoms with E-state index in [2.05, 4.69) is 0 Å². The fraction of sp³-hybridized carbons (Fsp3) is 0. The minimum Gasteiger partial charge on any atom is -0.405 e. The molecule has 0 fully saturated rings. The maximum atomic E-state index is 12.6. The highest BCUT2D eigenvalue weighted by atomic mass is 32.2. The first kappa shape index (κ1) is 28.3. The van der Waals surface area contributed by atoms with Crippen molar-refractivity contribution in [1.29, 1.82) is 0 Å². The normalized spacial score (nSPS) is 10.8. The second-order valence-corrected chi connectivity index (χ2v) is 7.48. The van der Waals surface area contributed by atoms with Crippen LogP contribution < -0.4 is 5.73 Å². The molecule has 0 spiro atoms. The molecule has 0 radical (unpaired) electrons. The first-order valence-electron chi connectivity index (χ1n) is 9.34. The van der Waals surface area contributed by atoms with Gasteiger partial charge in [-0.05, 0) is 41.6 Å². The van der Waals surface area contributed by atoms with Gasteiger partial charge in [0.1, 0.15) is 0 Å². The smallest absolute Gasteiger partial charge is 0.306 e. The minimum atomic E-state index is -4.00. The van der Waals surface area contributed by atoms with Crippen LogP contribution in [0, 0.1) is 11.6 Å². The number of benzene rings is 3. The van der Waals surface area contributed by atoms with E-state index in [1.165, 1.54) is 12.3 Å². The quantitative estimate of drug-likeness (QED) is 0.312.